The zero-order chi connectivity index (χ0) is 13.1. The molecule has 19 heavy (non-hydrogen) atoms. The topological polar surface area (TPSA) is 77.4 Å². The van der Waals surface area contributed by atoms with Gasteiger partial charge in [-0.25, -0.2) is 0 Å². The lowest BCUT2D eigenvalue weighted by Crippen LogP contribution is -2.18. The molecule has 0 aliphatic carbocycles. The Morgan fingerprint density at radius 2 is 1.95 bits per heavy atom. The molecule has 1 aromatic heterocycles. The predicted octanol–water partition coefficient (Wildman–Crippen LogP) is 1.83. The zero-order valence-electron chi connectivity index (χ0n) is 10.6. The van der Waals surface area contributed by atoms with Crippen LogP contribution in [0.4, 0.5) is 11.6 Å². The molecule has 2 aromatic rings. The molecule has 100 valence electrons. The second kappa shape index (κ2) is 5.17. The molecule has 0 amide bonds. The Hall–Kier alpha value is -2.24. The molecular formula is C13H16N4O2. The number of nitrogens with zero attached hydrogens (tertiary/aromatic N) is 3. The Morgan fingerprint density at radius 1 is 1.21 bits per heavy atom. The molecule has 1 saturated heterocycles. The third-order valence-electron chi connectivity index (χ3n) is 3.09. The molecule has 6 heteroatoms. The summed E-state index contributed by atoms with van der Waals surface area (Å²) in [5, 5.41) is 3.96. The molecule has 1 aliphatic heterocycles. The van der Waals surface area contributed by atoms with Crippen molar-refractivity contribution in [2.45, 2.75) is 19.4 Å². The van der Waals surface area contributed by atoms with Crippen LogP contribution in [0, 0.1) is 0 Å². The first-order valence-electron chi connectivity index (χ1n) is 6.37. The molecule has 0 spiro atoms. The molecule has 1 aromatic carbocycles. The van der Waals surface area contributed by atoms with E-state index < -0.39 is 0 Å². The number of rotatable bonds is 4. The van der Waals surface area contributed by atoms with E-state index in [1.807, 2.05) is 12.1 Å². The molecule has 1 fully saturated rings. The molecule has 0 atom stereocenters. The second-order valence-electron chi connectivity index (χ2n) is 4.54. The summed E-state index contributed by atoms with van der Waals surface area (Å²) in [6.45, 7) is 2.26. The van der Waals surface area contributed by atoms with Gasteiger partial charge in [-0.05, 0) is 42.3 Å². The van der Waals surface area contributed by atoms with E-state index in [1.165, 1.54) is 12.8 Å². The van der Waals surface area contributed by atoms with E-state index in [-0.39, 0.29) is 6.61 Å². The minimum Gasteiger partial charge on any atom is -0.484 e. The van der Waals surface area contributed by atoms with Crippen LogP contribution >= 0.6 is 0 Å². The highest BCUT2D eigenvalue weighted by Gasteiger charge is 2.18. The minimum absolute atomic E-state index is 0.269. The minimum atomic E-state index is 0.269. The summed E-state index contributed by atoms with van der Waals surface area (Å²) < 4.78 is 10.7. The fourth-order valence-electron chi connectivity index (χ4n) is 2.06. The van der Waals surface area contributed by atoms with Crippen LogP contribution in [-0.4, -0.2) is 23.2 Å². The number of aromatic nitrogens is 2. The Balaban J connectivity index is 1.59. The summed E-state index contributed by atoms with van der Waals surface area (Å²) >= 11 is 0. The summed E-state index contributed by atoms with van der Waals surface area (Å²) in [6.07, 6.45) is 2.37. The van der Waals surface area contributed by atoms with Crippen LogP contribution in [0.3, 0.4) is 0 Å². The highest BCUT2D eigenvalue weighted by Crippen LogP contribution is 2.18. The largest absolute Gasteiger partial charge is 0.484 e. The summed E-state index contributed by atoms with van der Waals surface area (Å²) in [5.41, 5.74) is 6.31. The van der Waals surface area contributed by atoms with Crippen LogP contribution in [0.25, 0.3) is 0 Å². The normalized spacial score (nSPS) is 14.8. The lowest BCUT2D eigenvalue weighted by atomic mass is 10.3. The molecule has 2 N–H and O–H groups in total. The second-order valence-corrected chi connectivity index (χ2v) is 4.54. The van der Waals surface area contributed by atoms with Crippen LogP contribution in [0.5, 0.6) is 5.75 Å². The summed E-state index contributed by atoms with van der Waals surface area (Å²) in [7, 11) is 0. The lowest BCUT2D eigenvalue weighted by Gasteiger charge is -2.09. The van der Waals surface area contributed by atoms with Crippen molar-refractivity contribution in [2.75, 3.05) is 23.7 Å². The molecular weight excluding hydrogens is 244 g/mol. The highest BCUT2D eigenvalue weighted by atomic mass is 16.5. The van der Waals surface area contributed by atoms with Crippen molar-refractivity contribution in [3.8, 4) is 5.75 Å². The van der Waals surface area contributed by atoms with Gasteiger partial charge in [-0.1, -0.05) is 0 Å². The van der Waals surface area contributed by atoms with Gasteiger partial charge in [0.05, 0.1) is 0 Å². The number of hydrogen-bond acceptors (Lipinski definition) is 6. The van der Waals surface area contributed by atoms with Crippen molar-refractivity contribution in [3.63, 3.8) is 0 Å². The Labute approximate surface area is 111 Å². The molecule has 0 radical (unpaired) electrons. The molecule has 2 heterocycles. The molecule has 1 aliphatic rings. The lowest BCUT2D eigenvalue weighted by molar-refractivity contribution is 0.243. The Bertz CT molecular complexity index is 532. The van der Waals surface area contributed by atoms with Crippen molar-refractivity contribution >= 4 is 11.6 Å². The number of ether oxygens (including phenoxy) is 1. The van der Waals surface area contributed by atoms with Crippen molar-refractivity contribution in [1.29, 1.82) is 0 Å². The molecule has 0 bridgehead atoms. The van der Waals surface area contributed by atoms with Gasteiger partial charge in [0.15, 0.2) is 6.61 Å². The van der Waals surface area contributed by atoms with Gasteiger partial charge in [-0.3, -0.25) is 0 Å². The predicted molar refractivity (Wildman–Crippen MR) is 70.9 cm³/mol. The average molecular weight is 260 g/mol. The van der Waals surface area contributed by atoms with E-state index in [1.54, 1.807) is 12.1 Å². The van der Waals surface area contributed by atoms with Crippen LogP contribution in [0.1, 0.15) is 18.7 Å². The van der Waals surface area contributed by atoms with E-state index in [9.17, 15) is 0 Å². The monoisotopic (exact) mass is 260 g/mol. The van der Waals surface area contributed by atoms with Crippen molar-refractivity contribution in [1.82, 2.24) is 10.1 Å². The maximum atomic E-state index is 5.61. The standard InChI is InChI=1S/C13H16N4O2/c14-10-3-5-11(6-4-10)18-9-12-15-13(16-19-12)17-7-1-2-8-17/h3-6H,1-2,7-9,14H2. The van der Waals surface area contributed by atoms with Gasteiger partial charge >= 0.3 is 0 Å². The van der Waals surface area contributed by atoms with Gasteiger partial charge in [-0.2, -0.15) is 4.98 Å². The number of nitrogen functional groups attached to an aromatic ring is 1. The average Bonchev–Trinajstić information content (AvgIpc) is 3.09. The van der Waals surface area contributed by atoms with E-state index in [4.69, 9.17) is 15.0 Å². The molecule has 6 nitrogen and oxygen atoms in total. The van der Waals surface area contributed by atoms with Gasteiger partial charge in [0.1, 0.15) is 5.75 Å². The molecule has 0 saturated carbocycles. The first kappa shape index (κ1) is 11.8. The van der Waals surface area contributed by atoms with E-state index in [2.05, 4.69) is 15.0 Å². The summed E-state index contributed by atoms with van der Waals surface area (Å²) in [4.78, 5) is 6.44. The van der Waals surface area contributed by atoms with E-state index in [0.717, 1.165) is 18.8 Å². The van der Waals surface area contributed by atoms with E-state index in [0.29, 0.717) is 17.5 Å². The third kappa shape index (κ3) is 2.78. The Morgan fingerprint density at radius 3 is 2.68 bits per heavy atom. The number of nitrogens with two attached hydrogens (primary N) is 1. The fraction of sp³-hybridized carbons (Fsp3) is 0.385. The van der Waals surface area contributed by atoms with Gasteiger partial charge in [0.25, 0.3) is 11.8 Å². The van der Waals surface area contributed by atoms with Gasteiger partial charge in [-0.15, -0.1) is 0 Å². The highest BCUT2D eigenvalue weighted by molar-refractivity contribution is 5.41. The fourth-order valence-corrected chi connectivity index (χ4v) is 2.06. The smallest absolute Gasteiger partial charge is 0.266 e. The quantitative estimate of drug-likeness (QED) is 0.845. The van der Waals surface area contributed by atoms with Gasteiger partial charge in [0, 0.05) is 18.8 Å². The maximum Gasteiger partial charge on any atom is 0.266 e. The van der Waals surface area contributed by atoms with Crippen LogP contribution in [-0.2, 0) is 6.61 Å². The third-order valence-corrected chi connectivity index (χ3v) is 3.09. The van der Waals surface area contributed by atoms with Crippen molar-refractivity contribution < 1.29 is 9.26 Å². The van der Waals surface area contributed by atoms with E-state index >= 15 is 0 Å². The van der Waals surface area contributed by atoms with Crippen molar-refractivity contribution in [3.05, 3.63) is 30.2 Å². The zero-order valence-corrected chi connectivity index (χ0v) is 10.6. The SMILES string of the molecule is Nc1ccc(OCc2nc(N3CCCC3)no2)cc1. The summed E-state index contributed by atoms with van der Waals surface area (Å²) in [5.74, 6) is 1.88. The maximum absolute atomic E-state index is 5.61. The Kier molecular flexibility index (Phi) is 3.22. The van der Waals surface area contributed by atoms with Gasteiger partial charge in [0.2, 0.25) is 0 Å². The molecule has 0 unspecified atom stereocenters. The number of hydrogen-bond donors (Lipinski definition) is 1. The first-order chi connectivity index (χ1) is 9.31. The first-order valence-corrected chi connectivity index (χ1v) is 6.37. The van der Waals surface area contributed by atoms with Crippen LogP contribution in [0.2, 0.25) is 0 Å². The van der Waals surface area contributed by atoms with Crippen molar-refractivity contribution in [2.24, 2.45) is 0 Å². The van der Waals surface area contributed by atoms with Crippen LogP contribution < -0.4 is 15.4 Å². The van der Waals surface area contributed by atoms with Gasteiger partial charge < -0.3 is 19.9 Å². The number of anilines is 2. The molecule has 3 rings (SSSR count). The number of benzene rings is 1. The van der Waals surface area contributed by atoms with Crippen LogP contribution in [0.15, 0.2) is 28.8 Å². The summed E-state index contributed by atoms with van der Waals surface area (Å²) in [6, 6.07) is 7.21.